The average molecular weight is 324 g/mol. The molecule has 22 heavy (non-hydrogen) atoms. The molecule has 5 heteroatoms. The van der Waals surface area contributed by atoms with E-state index < -0.39 is 22.2 Å². The lowest BCUT2D eigenvalue weighted by Gasteiger charge is -2.44. The number of benzene rings is 1. The van der Waals surface area contributed by atoms with E-state index in [0.717, 1.165) is 0 Å². The predicted molar refractivity (Wildman–Crippen MR) is 86.9 cm³/mol. The van der Waals surface area contributed by atoms with Crippen molar-refractivity contribution in [3.63, 3.8) is 0 Å². The Morgan fingerprint density at radius 2 is 1.73 bits per heavy atom. The molecule has 1 aliphatic carbocycles. The molecule has 1 aromatic rings. The van der Waals surface area contributed by atoms with Gasteiger partial charge in [0, 0.05) is 10.7 Å². The van der Waals surface area contributed by atoms with Crippen molar-refractivity contribution < 1.29 is 14.7 Å². The van der Waals surface area contributed by atoms with Crippen molar-refractivity contribution in [1.29, 1.82) is 0 Å². The van der Waals surface area contributed by atoms with E-state index in [2.05, 4.69) is 5.32 Å². The van der Waals surface area contributed by atoms with Crippen LogP contribution in [0.15, 0.2) is 24.3 Å². The molecular formula is C17H22ClNO3. The minimum atomic E-state index is -0.923. The van der Waals surface area contributed by atoms with E-state index in [1.807, 2.05) is 20.8 Å². The van der Waals surface area contributed by atoms with Gasteiger partial charge < -0.3 is 10.4 Å². The zero-order valence-corrected chi connectivity index (χ0v) is 14.1. The Hall–Kier alpha value is -1.55. The number of carbonyl (C=O) groups is 2. The zero-order valence-electron chi connectivity index (χ0n) is 13.4. The Kier molecular flexibility index (Phi) is 4.03. The zero-order chi connectivity index (χ0) is 16.8. The molecule has 0 aromatic heterocycles. The lowest BCUT2D eigenvalue weighted by Crippen LogP contribution is -2.49. The van der Waals surface area contributed by atoms with Crippen LogP contribution in [-0.4, -0.2) is 17.0 Å². The van der Waals surface area contributed by atoms with Gasteiger partial charge in [-0.2, -0.15) is 0 Å². The van der Waals surface area contributed by atoms with Crippen LogP contribution >= 0.6 is 11.6 Å². The number of nitrogens with one attached hydrogen (secondary N) is 1. The molecule has 0 spiro atoms. The number of amides is 1. The van der Waals surface area contributed by atoms with Crippen molar-refractivity contribution in [2.24, 2.45) is 16.2 Å². The van der Waals surface area contributed by atoms with Gasteiger partial charge in [0.15, 0.2) is 0 Å². The van der Waals surface area contributed by atoms with Crippen molar-refractivity contribution in [2.75, 3.05) is 5.32 Å². The van der Waals surface area contributed by atoms with E-state index in [0.29, 0.717) is 23.6 Å². The highest BCUT2D eigenvalue weighted by Gasteiger charge is 2.64. The number of hydrogen-bond acceptors (Lipinski definition) is 2. The SMILES string of the molecule is CC1(C(=O)O)CCC(C)(C(=O)Nc2cccc(Cl)c2)C1(C)C. The summed E-state index contributed by atoms with van der Waals surface area (Å²) in [7, 11) is 0. The second-order valence-electron chi connectivity index (χ2n) is 7.06. The molecule has 0 aliphatic heterocycles. The van der Waals surface area contributed by atoms with Crippen LogP contribution < -0.4 is 5.32 Å². The fraction of sp³-hybridized carbons (Fsp3) is 0.529. The monoisotopic (exact) mass is 323 g/mol. The summed E-state index contributed by atoms with van der Waals surface area (Å²) < 4.78 is 0. The second-order valence-corrected chi connectivity index (χ2v) is 7.50. The van der Waals surface area contributed by atoms with Gasteiger partial charge in [-0.1, -0.05) is 38.4 Å². The Morgan fingerprint density at radius 1 is 1.14 bits per heavy atom. The number of carbonyl (C=O) groups excluding carboxylic acids is 1. The normalized spacial score (nSPS) is 30.0. The first-order valence-electron chi connectivity index (χ1n) is 7.35. The van der Waals surface area contributed by atoms with Crippen LogP contribution in [0, 0.1) is 16.2 Å². The van der Waals surface area contributed by atoms with Crippen LogP contribution in [0.1, 0.15) is 40.5 Å². The van der Waals surface area contributed by atoms with E-state index in [1.165, 1.54) is 0 Å². The standard InChI is InChI=1S/C17H22ClNO3/c1-15(2)16(3,8-9-17(15,4)14(21)22)13(20)19-12-7-5-6-11(18)10-12/h5-7,10H,8-9H2,1-4H3,(H,19,20)(H,21,22). The predicted octanol–water partition coefficient (Wildman–Crippen LogP) is 4.20. The molecule has 4 nitrogen and oxygen atoms in total. The molecule has 2 unspecified atom stereocenters. The maximum absolute atomic E-state index is 12.8. The summed E-state index contributed by atoms with van der Waals surface area (Å²) in [5.74, 6) is -1.01. The maximum atomic E-state index is 12.8. The van der Waals surface area contributed by atoms with Crippen molar-refractivity contribution in [2.45, 2.75) is 40.5 Å². The summed E-state index contributed by atoms with van der Waals surface area (Å²) in [6.07, 6.45) is 1.02. The maximum Gasteiger partial charge on any atom is 0.309 e. The Labute approximate surface area is 135 Å². The topological polar surface area (TPSA) is 66.4 Å². The van der Waals surface area contributed by atoms with Crippen molar-refractivity contribution in [3.05, 3.63) is 29.3 Å². The first-order valence-corrected chi connectivity index (χ1v) is 7.73. The number of carboxylic acids is 1. The molecule has 1 amide bonds. The minimum Gasteiger partial charge on any atom is -0.481 e. The average Bonchev–Trinajstić information content (AvgIpc) is 2.61. The van der Waals surface area contributed by atoms with Crippen LogP contribution in [0.3, 0.4) is 0 Å². The first-order chi connectivity index (χ1) is 10.0. The quantitative estimate of drug-likeness (QED) is 0.876. The molecule has 2 N–H and O–H groups in total. The van der Waals surface area contributed by atoms with Gasteiger partial charge in [-0.15, -0.1) is 0 Å². The molecule has 2 atom stereocenters. The molecule has 2 rings (SSSR count). The Bertz CT molecular complexity index is 628. The molecule has 1 aliphatic rings. The smallest absolute Gasteiger partial charge is 0.309 e. The van der Waals surface area contributed by atoms with E-state index in [-0.39, 0.29) is 5.91 Å². The molecule has 120 valence electrons. The van der Waals surface area contributed by atoms with Gasteiger partial charge in [-0.25, -0.2) is 0 Å². The number of anilines is 1. The highest BCUT2D eigenvalue weighted by atomic mass is 35.5. The molecule has 1 saturated carbocycles. The summed E-state index contributed by atoms with van der Waals surface area (Å²) >= 11 is 5.94. The third-order valence-corrected chi connectivity index (χ3v) is 6.17. The van der Waals surface area contributed by atoms with Crippen LogP contribution in [0.4, 0.5) is 5.69 Å². The Morgan fingerprint density at radius 3 is 2.23 bits per heavy atom. The van der Waals surface area contributed by atoms with Gasteiger partial charge in [-0.05, 0) is 43.4 Å². The minimum absolute atomic E-state index is 0.162. The van der Waals surface area contributed by atoms with E-state index in [4.69, 9.17) is 11.6 Å². The van der Waals surface area contributed by atoms with Gasteiger partial charge >= 0.3 is 5.97 Å². The lowest BCUT2D eigenvalue weighted by molar-refractivity contribution is -0.157. The van der Waals surface area contributed by atoms with E-state index >= 15 is 0 Å². The summed E-state index contributed by atoms with van der Waals surface area (Å²) in [5.41, 5.74) is -1.73. The molecule has 0 saturated heterocycles. The third-order valence-electron chi connectivity index (χ3n) is 5.94. The van der Waals surface area contributed by atoms with E-state index in [9.17, 15) is 14.7 Å². The fourth-order valence-corrected chi connectivity index (χ4v) is 3.53. The number of aliphatic carboxylic acids is 1. The van der Waals surface area contributed by atoms with Gasteiger partial charge in [0.1, 0.15) is 0 Å². The first kappa shape index (κ1) is 16.8. The van der Waals surface area contributed by atoms with Crippen LogP contribution in [0.2, 0.25) is 5.02 Å². The van der Waals surface area contributed by atoms with Gasteiger partial charge in [-0.3, -0.25) is 9.59 Å². The summed E-state index contributed by atoms with van der Waals surface area (Å²) in [6.45, 7) is 7.31. The van der Waals surface area contributed by atoms with Gasteiger partial charge in [0.25, 0.3) is 0 Å². The second kappa shape index (κ2) is 5.27. The molecule has 1 fully saturated rings. The van der Waals surface area contributed by atoms with Crippen LogP contribution in [0.5, 0.6) is 0 Å². The van der Waals surface area contributed by atoms with Gasteiger partial charge in [0.05, 0.1) is 10.8 Å². The summed E-state index contributed by atoms with van der Waals surface area (Å²) in [4.78, 5) is 24.5. The van der Waals surface area contributed by atoms with Crippen LogP contribution in [-0.2, 0) is 9.59 Å². The summed E-state index contributed by atoms with van der Waals surface area (Å²) in [6, 6.07) is 6.95. The highest BCUT2D eigenvalue weighted by Crippen LogP contribution is 2.63. The fourth-order valence-electron chi connectivity index (χ4n) is 3.34. The van der Waals surface area contributed by atoms with Crippen molar-refractivity contribution >= 4 is 29.2 Å². The molecule has 1 aromatic carbocycles. The van der Waals surface area contributed by atoms with E-state index in [1.54, 1.807) is 31.2 Å². The highest BCUT2D eigenvalue weighted by molar-refractivity contribution is 6.30. The lowest BCUT2D eigenvalue weighted by atomic mass is 9.59. The van der Waals surface area contributed by atoms with Crippen LogP contribution in [0.25, 0.3) is 0 Å². The molecule has 0 heterocycles. The number of carboxylic acid groups (broad SMARTS) is 1. The number of halogens is 1. The molecule has 0 bridgehead atoms. The third kappa shape index (κ3) is 2.30. The largest absolute Gasteiger partial charge is 0.481 e. The number of rotatable bonds is 3. The molecule has 0 radical (unpaired) electrons. The van der Waals surface area contributed by atoms with Crippen molar-refractivity contribution in [3.8, 4) is 0 Å². The van der Waals surface area contributed by atoms with Gasteiger partial charge in [0.2, 0.25) is 5.91 Å². The Balaban J connectivity index is 2.31. The molecular weight excluding hydrogens is 302 g/mol. The number of hydrogen-bond donors (Lipinski definition) is 2. The summed E-state index contributed by atoms with van der Waals surface area (Å²) in [5, 5.41) is 13.0. The van der Waals surface area contributed by atoms with Crippen molar-refractivity contribution in [1.82, 2.24) is 0 Å².